The Balaban J connectivity index is 1.48. The second-order valence-electron chi connectivity index (χ2n) is 6.54. The number of amides is 2. The van der Waals surface area contributed by atoms with E-state index in [-0.39, 0.29) is 24.0 Å². The van der Waals surface area contributed by atoms with E-state index in [1.165, 1.54) is 0 Å². The Kier molecular flexibility index (Phi) is 5.93. The van der Waals surface area contributed by atoms with Crippen molar-refractivity contribution in [2.45, 2.75) is 31.9 Å². The molecule has 136 valence electrons. The molecule has 2 heterocycles. The molecule has 1 N–H and O–H groups in total. The predicted molar refractivity (Wildman–Crippen MR) is 96.7 cm³/mol. The number of benzene rings is 1. The zero-order valence-corrected chi connectivity index (χ0v) is 15.2. The van der Waals surface area contributed by atoms with Gasteiger partial charge >= 0.3 is 0 Å². The van der Waals surface area contributed by atoms with E-state index in [1.807, 2.05) is 11.8 Å². The van der Waals surface area contributed by atoms with E-state index >= 15 is 0 Å². The van der Waals surface area contributed by atoms with Crippen LogP contribution in [0.3, 0.4) is 0 Å². The second kappa shape index (κ2) is 8.17. The largest absolute Gasteiger partial charge is 0.368 e. The summed E-state index contributed by atoms with van der Waals surface area (Å²) in [4.78, 5) is 28.8. The van der Waals surface area contributed by atoms with E-state index in [2.05, 4.69) is 10.2 Å². The molecule has 2 unspecified atom stereocenters. The van der Waals surface area contributed by atoms with Crippen LogP contribution in [0, 0.1) is 0 Å². The van der Waals surface area contributed by atoms with Crippen molar-refractivity contribution >= 4 is 29.1 Å². The fraction of sp³-hybridized carbons (Fsp3) is 0.556. The van der Waals surface area contributed by atoms with E-state index in [0.29, 0.717) is 37.8 Å². The van der Waals surface area contributed by atoms with E-state index in [1.54, 1.807) is 24.3 Å². The Bertz CT molecular complexity index is 608. The number of hydrogen-bond donors (Lipinski definition) is 1. The SMILES string of the molecule is CC(C(=O)Nc1ccc(Cl)cc1)N1CCN(C(=O)C2CCCO2)CC1. The summed E-state index contributed by atoms with van der Waals surface area (Å²) in [5, 5.41) is 3.54. The van der Waals surface area contributed by atoms with E-state index in [9.17, 15) is 9.59 Å². The first-order chi connectivity index (χ1) is 12.0. The molecule has 2 amide bonds. The minimum Gasteiger partial charge on any atom is -0.368 e. The van der Waals surface area contributed by atoms with Crippen molar-refractivity contribution in [2.75, 3.05) is 38.1 Å². The summed E-state index contributed by atoms with van der Waals surface area (Å²) in [6.07, 6.45) is 1.51. The predicted octanol–water partition coefficient (Wildman–Crippen LogP) is 1.99. The van der Waals surface area contributed by atoms with Gasteiger partial charge in [0, 0.05) is 43.5 Å². The molecule has 0 aromatic heterocycles. The standard InChI is InChI=1S/C18H24ClN3O3/c1-13(17(23)20-15-6-4-14(19)5-7-15)21-8-10-22(11-9-21)18(24)16-3-2-12-25-16/h4-7,13,16H,2-3,8-12H2,1H3,(H,20,23). The smallest absolute Gasteiger partial charge is 0.251 e. The van der Waals surface area contributed by atoms with Crippen molar-refractivity contribution in [3.05, 3.63) is 29.3 Å². The molecule has 1 aromatic rings. The molecule has 3 rings (SSSR count). The van der Waals surface area contributed by atoms with Crippen molar-refractivity contribution < 1.29 is 14.3 Å². The lowest BCUT2D eigenvalue weighted by molar-refractivity contribution is -0.143. The van der Waals surface area contributed by atoms with Gasteiger partial charge in [-0.3, -0.25) is 14.5 Å². The van der Waals surface area contributed by atoms with Crippen LogP contribution >= 0.6 is 11.6 Å². The minimum absolute atomic E-state index is 0.0544. The molecule has 2 saturated heterocycles. The third-order valence-electron chi connectivity index (χ3n) is 4.87. The van der Waals surface area contributed by atoms with Crippen LogP contribution in [0.2, 0.25) is 5.02 Å². The van der Waals surface area contributed by atoms with Crippen molar-refractivity contribution in [3.8, 4) is 0 Å². The van der Waals surface area contributed by atoms with Crippen LogP contribution in [0.4, 0.5) is 5.69 Å². The van der Waals surface area contributed by atoms with Crippen LogP contribution in [0.5, 0.6) is 0 Å². The van der Waals surface area contributed by atoms with Gasteiger partial charge in [0.2, 0.25) is 5.91 Å². The molecule has 2 aliphatic rings. The topological polar surface area (TPSA) is 61.9 Å². The van der Waals surface area contributed by atoms with Crippen LogP contribution in [0.15, 0.2) is 24.3 Å². The Hall–Kier alpha value is -1.63. The van der Waals surface area contributed by atoms with Crippen molar-refractivity contribution in [3.63, 3.8) is 0 Å². The summed E-state index contributed by atoms with van der Waals surface area (Å²) >= 11 is 5.86. The molecule has 2 fully saturated rings. The lowest BCUT2D eigenvalue weighted by Gasteiger charge is -2.38. The number of halogens is 1. The third kappa shape index (κ3) is 4.51. The highest BCUT2D eigenvalue weighted by molar-refractivity contribution is 6.30. The first-order valence-electron chi connectivity index (χ1n) is 8.75. The maximum atomic E-state index is 12.4. The average molecular weight is 366 g/mol. The van der Waals surface area contributed by atoms with Crippen molar-refractivity contribution in [1.82, 2.24) is 9.80 Å². The molecular formula is C18H24ClN3O3. The average Bonchev–Trinajstić information content (AvgIpc) is 3.17. The highest BCUT2D eigenvalue weighted by atomic mass is 35.5. The van der Waals surface area contributed by atoms with Gasteiger partial charge in [-0.25, -0.2) is 0 Å². The zero-order chi connectivity index (χ0) is 17.8. The molecule has 0 bridgehead atoms. The van der Waals surface area contributed by atoms with Gasteiger partial charge in [0.05, 0.1) is 6.04 Å². The molecule has 0 saturated carbocycles. The highest BCUT2D eigenvalue weighted by Crippen LogP contribution is 2.18. The van der Waals surface area contributed by atoms with Gasteiger partial charge in [-0.05, 0) is 44.0 Å². The first-order valence-corrected chi connectivity index (χ1v) is 9.13. The molecule has 0 radical (unpaired) electrons. The Labute approximate surface area is 153 Å². The first kappa shape index (κ1) is 18.2. The molecule has 1 aromatic carbocycles. The Morgan fingerprint density at radius 2 is 1.88 bits per heavy atom. The van der Waals surface area contributed by atoms with Crippen molar-refractivity contribution in [2.24, 2.45) is 0 Å². The van der Waals surface area contributed by atoms with Gasteiger partial charge in [-0.1, -0.05) is 11.6 Å². The van der Waals surface area contributed by atoms with Gasteiger partial charge in [0.1, 0.15) is 6.10 Å². The highest BCUT2D eigenvalue weighted by Gasteiger charge is 2.32. The molecule has 2 aliphatic heterocycles. The molecule has 0 aliphatic carbocycles. The fourth-order valence-corrected chi connectivity index (χ4v) is 3.38. The number of nitrogens with zero attached hydrogens (tertiary/aromatic N) is 2. The zero-order valence-electron chi connectivity index (χ0n) is 14.4. The number of anilines is 1. The maximum absolute atomic E-state index is 12.4. The molecule has 6 nitrogen and oxygen atoms in total. The van der Waals surface area contributed by atoms with Gasteiger partial charge in [0.25, 0.3) is 5.91 Å². The van der Waals surface area contributed by atoms with Crippen LogP contribution in [-0.4, -0.2) is 66.5 Å². The van der Waals surface area contributed by atoms with Crippen LogP contribution < -0.4 is 5.32 Å². The summed E-state index contributed by atoms with van der Waals surface area (Å²) < 4.78 is 5.48. The summed E-state index contributed by atoms with van der Waals surface area (Å²) in [7, 11) is 0. The Morgan fingerprint density at radius 1 is 1.20 bits per heavy atom. The van der Waals surface area contributed by atoms with Crippen LogP contribution in [0.1, 0.15) is 19.8 Å². The Morgan fingerprint density at radius 3 is 2.48 bits per heavy atom. The minimum atomic E-state index is -0.267. The quantitative estimate of drug-likeness (QED) is 0.886. The van der Waals surface area contributed by atoms with Gasteiger partial charge in [-0.15, -0.1) is 0 Å². The number of rotatable bonds is 4. The lowest BCUT2D eigenvalue weighted by atomic mass is 10.1. The lowest BCUT2D eigenvalue weighted by Crippen LogP contribution is -2.55. The van der Waals surface area contributed by atoms with Gasteiger partial charge < -0.3 is 15.0 Å². The summed E-state index contributed by atoms with van der Waals surface area (Å²) in [6.45, 7) is 5.22. The van der Waals surface area contributed by atoms with E-state index < -0.39 is 0 Å². The number of piperazine rings is 1. The van der Waals surface area contributed by atoms with Crippen molar-refractivity contribution in [1.29, 1.82) is 0 Å². The molecule has 25 heavy (non-hydrogen) atoms. The molecule has 2 atom stereocenters. The number of ether oxygens (including phenoxy) is 1. The summed E-state index contributed by atoms with van der Waals surface area (Å²) in [5.74, 6) is 0.0386. The fourth-order valence-electron chi connectivity index (χ4n) is 3.25. The third-order valence-corrected chi connectivity index (χ3v) is 5.12. The monoisotopic (exact) mass is 365 g/mol. The second-order valence-corrected chi connectivity index (χ2v) is 6.97. The number of carbonyl (C=O) groups is 2. The molecular weight excluding hydrogens is 342 g/mol. The number of nitrogens with one attached hydrogen (secondary N) is 1. The number of hydrogen-bond acceptors (Lipinski definition) is 4. The van der Waals surface area contributed by atoms with E-state index in [4.69, 9.17) is 16.3 Å². The molecule has 7 heteroatoms. The maximum Gasteiger partial charge on any atom is 0.251 e. The van der Waals surface area contributed by atoms with Gasteiger partial charge in [-0.2, -0.15) is 0 Å². The summed E-state index contributed by atoms with van der Waals surface area (Å²) in [6, 6.07) is 6.81. The van der Waals surface area contributed by atoms with E-state index in [0.717, 1.165) is 18.5 Å². The van der Waals surface area contributed by atoms with Crippen LogP contribution in [0.25, 0.3) is 0 Å². The number of carbonyl (C=O) groups excluding carboxylic acids is 2. The van der Waals surface area contributed by atoms with Crippen LogP contribution in [-0.2, 0) is 14.3 Å². The summed E-state index contributed by atoms with van der Waals surface area (Å²) in [5.41, 5.74) is 0.730. The normalized spacial score (nSPS) is 22.6. The van der Waals surface area contributed by atoms with Gasteiger partial charge in [0.15, 0.2) is 0 Å². The molecule has 0 spiro atoms.